The van der Waals surface area contributed by atoms with Crippen molar-refractivity contribution in [3.05, 3.63) is 69.3 Å². The van der Waals surface area contributed by atoms with E-state index < -0.39 is 23.7 Å². The Kier molecular flexibility index (Phi) is 8.61. The van der Waals surface area contributed by atoms with Crippen molar-refractivity contribution in [2.75, 3.05) is 18.6 Å². The van der Waals surface area contributed by atoms with Gasteiger partial charge in [0, 0.05) is 23.5 Å². The molecule has 0 bridgehead atoms. The molecule has 1 aliphatic rings. The van der Waals surface area contributed by atoms with Crippen LogP contribution in [-0.2, 0) is 25.6 Å². The zero-order chi connectivity index (χ0) is 25.5. The van der Waals surface area contributed by atoms with E-state index in [-0.39, 0.29) is 40.6 Å². The average Bonchev–Trinajstić information content (AvgIpc) is 2.86. The van der Waals surface area contributed by atoms with E-state index in [0.717, 1.165) is 11.6 Å². The molecule has 1 amide bonds. The topological polar surface area (TPSA) is 85.8 Å². The molecule has 0 unspecified atom stereocenters. The molecule has 9 heteroatoms. The Bertz CT molecular complexity index is 1230. The summed E-state index contributed by atoms with van der Waals surface area (Å²) in [5.41, 5.74) is 1.63. The minimum atomic E-state index is -0.814. The first-order chi connectivity index (χ1) is 16.8. The maximum atomic E-state index is 15.2. The lowest BCUT2D eigenvalue weighted by molar-refractivity contribution is -0.138. The molecular weight excluding hydrogens is 475 g/mol. The molecule has 0 radical (unpaired) electrons. The maximum absolute atomic E-state index is 15.2. The second-order valence-corrected chi connectivity index (χ2v) is 8.32. The van der Waals surface area contributed by atoms with Crippen LogP contribution in [0.2, 0.25) is 5.02 Å². The standard InChI is InChI=1S/C26H24ClFN2O5/c1-4-11-35-26(33)19-8-6-5-7-18(19)24(31)30(15-17-14-29-10-9-16(17)2)23-12-20(25(32)34-3)21(27)13-22(23)28/h1,9-10,12-14H,5-8,11,15H2,2-3H3. The zero-order valence-electron chi connectivity index (χ0n) is 19.4. The monoisotopic (exact) mass is 498 g/mol. The van der Waals surface area contributed by atoms with Crippen LogP contribution in [0.5, 0.6) is 0 Å². The Morgan fingerprint density at radius 3 is 2.57 bits per heavy atom. The highest BCUT2D eigenvalue weighted by molar-refractivity contribution is 6.33. The van der Waals surface area contributed by atoms with Crippen LogP contribution >= 0.6 is 11.6 Å². The van der Waals surface area contributed by atoms with Crippen molar-refractivity contribution in [3.63, 3.8) is 0 Å². The van der Waals surface area contributed by atoms with Crippen molar-refractivity contribution in [1.82, 2.24) is 4.98 Å². The first-order valence-electron chi connectivity index (χ1n) is 10.9. The number of nitrogens with zero attached hydrogens (tertiary/aromatic N) is 2. The van der Waals surface area contributed by atoms with Crippen molar-refractivity contribution >= 4 is 35.1 Å². The molecule has 2 aromatic rings. The van der Waals surface area contributed by atoms with Gasteiger partial charge >= 0.3 is 11.9 Å². The largest absolute Gasteiger partial charge is 0.465 e. The molecule has 7 nitrogen and oxygen atoms in total. The number of anilines is 1. The predicted molar refractivity (Wildman–Crippen MR) is 128 cm³/mol. The van der Waals surface area contributed by atoms with Crippen LogP contribution in [0.15, 0.2) is 41.7 Å². The van der Waals surface area contributed by atoms with Crippen LogP contribution in [0, 0.1) is 25.1 Å². The van der Waals surface area contributed by atoms with Gasteiger partial charge in [-0.15, -0.1) is 6.42 Å². The summed E-state index contributed by atoms with van der Waals surface area (Å²) < 4.78 is 25.0. The van der Waals surface area contributed by atoms with Gasteiger partial charge in [0.15, 0.2) is 6.61 Å². The summed E-state index contributed by atoms with van der Waals surface area (Å²) in [7, 11) is 1.17. The summed E-state index contributed by atoms with van der Waals surface area (Å²) in [5.74, 6) is -0.621. The summed E-state index contributed by atoms with van der Waals surface area (Å²) in [6, 6.07) is 3.89. The van der Waals surface area contributed by atoms with E-state index in [1.54, 1.807) is 18.5 Å². The second-order valence-electron chi connectivity index (χ2n) is 7.91. The zero-order valence-corrected chi connectivity index (χ0v) is 20.2. The first kappa shape index (κ1) is 25.9. The lowest BCUT2D eigenvalue weighted by Crippen LogP contribution is -2.35. The number of rotatable bonds is 7. The summed E-state index contributed by atoms with van der Waals surface area (Å²) in [6.07, 6.45) is 10.4. The molecule has 1 aliphatic carbocycles. The van der Waals surface area contributed by atoms with Crippen molar-refractivity contribution in [3.8, 4) is 12.3 Å². The van der Waals surface area contributed by atoms with Gasteiger partial charge in [0.05, 0.1) is 29.9 Å². The number of carbonyl (C=O) groups is 3. The Hall–Kier alpha value is -3.70. The lowest BCUT2D eigenvalue weighted by atomic mass is 9.90. The number of methoxy groups -OCH3 is 1. The van der Waals surface area contributed by atoms with Crippen LogP contribution in [0.1, 0.15) is 47.2 Å². The molecular formula is C26H24ClFN2O5. The molecule has 1 aromatic heterocycles. The average molecular weight is 499 g/mol. The number of terminal acetylenes is 1. The molecule has 1 heterocycles. The fourth-order valence-corrected chi connectivity index (χ4v) is 4.06. The van der Waals surface area contributed by atoms with E-state index in [4.69, 9.17) is 27.5 Å². The number of aryl methyl sites for hydroxylation is 1. The maximum Gasteiger partial charge on any atom is 0.339 e. The van der Waals surface area contributed by atoms with E-state index in [0.29, 0.717) is 31.2 Å². The number of hydrogen-bond donors (Lipinski definition) is 0. The summed E-state index contributed by atoms with van der Waals surface area (Å²) in [4.78, 5) is 44.0. The third-order valence-electron chi connectivity index (χ3n) is 5.71. The van der Waals surface area contributed by atoms with Crippen molar-refractivity contribution in [2.24, 2.45) is 0 Å². The number of benzene rings is 1. The first-order valence-corrected chi connectivity index (χ1v) is 11.3. The van der Waals surface area contributed by atoms with Gasteiger partial charge in [-0.3, -0.25) is 9.78 Å². The number of ether oxygens (including phenoxy) is 2. The van der Waals surface area contributed by atoms with E-state index in [1.165, 1.54) is 18.1 Å². The van der Waals surface area contributed by atoms with Crippen LogP contribution < -0.4 is 4.90 Å². The molecule has 0 spiro atoms. The highest BCUT2D eigenvalue weighted by Gasteiger charge is 2.31. The Balaban J connectivity index is 2.16. The number of hydrogen-bond acceptors (Lipinski definition) is 6. The van der Waals surface area contributed by atoms with E-state index in [1.807, 2.05) is 6.92 Å². The van der Waals surface area contributed by atoms with Crippen LogP contribution in [0.3, 0.4) is 0 Å². The smallest absolute Gasteiger partial charge is 0.339 e. The highest BCUT2D eigenvalue weighted by Crippen LogP contribution is 2.33. The highest BCUT2D eigenvalue weighted by atomic mass is 35.5. The minimum Gasteiger partial charge on any atom is -0.465 e. The molecule has 35 heavy (non-hydrogen) atoms. The van der Waals surface area contributed by atoms with Gasteiger partial charge in [-0.05, 0) is 61.9 Å². The van der Waals surface area contributed by atoms with Crippen molar-refractivity contribution in [2.45, 2.75) is 39.2 Å². The molecule has 1 aromatic carbocycles. The molecule has 0 atom stereocenters. The normalized spacial score (nSPS) is 13.1. The van der Waals surface area contributed by atoms with Gasteiger partial charge < -0.3 is 14.4 Å². The molecule has 0 saturated heterocycles. The number of halogens is 2. The van der Waals surface area contributed by atoms with Gasteiger partial charge in [0.2, 0.25) is 0 Å². The van der Waals surface area contributed by atoms with Crippen LogP contribution in [0.4, 0.5) is 10.1 Å². The quantitative estimate of drug-likeness (QED) is 0.411. The summed E-state index contributed by atoms with van der Waals surface area (Å²) in [6.45, 7) is 1.55. The van der Waals surface area contributed by atoms with Crippen molar-refractivity contribution < 1.29 is 28.2 Å². The molecule has 182 valence electrons. The number of amides is 1. The third-order valence-corrected chi connectivity index (χ3v) is 6.03. The molecule has 3 rings (SSSR count). The molecule has 0 fully saturated rings. The third kappa shape index (κ3) is 5.87. The Morgan fingerprint density at radius 1 is 1.20 bits per heavy atom. The van der Waals surface area contributed by atoms with Gasteiger partial charge in [0.1, 0.15) is 5.82 Å². The van der Waals surface area contributed by atoms with E-state index in [9.17, 15) is 14.4 Å². The van der Waals surface area contributed by atoms with Crippen LogP contribution in [-0.4, -0.2) is 36.5 Å². The SMILES string of the molecule is C#CCOC(=O)C1=C(C(=O)N(Cc2cnccc2C)c2cc(C(=O)OC)c(Cl)cc2F)CCCC1. The van der Waals surface area contributed by atoms with E-state index >= 15 is 4.39 Å². The summed E-state index contributed by atoms with van der Waals surface area (Å²) in [5, 5.41) is -0.154. The molecule has 0 aliphatic heterocycles. The number of aromatic nitrogens is 1. The van der Waals surface area contributed by atoms with Gasteiger partial charge in [-0.1, -0.05) is 17.5 Å². The van der Waals surface area contributed by atoms with Crippen molar-refractivity contribution in [1.29, 1.82) is 0 Å². The van der Waals surface area contributed by atoms with Gasteiger partial charge in [0.25, 0.3) is 5.91 Å². The molecule has 0 saturated carbocycles. The Morgan fingerprint density at radius 2 is 1.91 bits per heavy atom. The number of pyridine rings is 1. The minimum absolute atomic E-state index is 0.0617. The fourth-order valence-electron chi connectivity index (χ4n) is 3.83. The van der Waals surface area contributed by atoms with Gasteiger partial charge in [-0.25, -0.2) is 14.0 Å². The molecule has 0 N–H and O–H groups in total. The van der Waals surface area contributed by atoms with E-state index in [2.05, 4.69) is 10.9 Å². The van der Waals surface area contributed by atoms with Gasteiger partial charge in [-0.2, -0.15) is 0 Å². The van der Waals surface area contributed by atoms with Crippen LogP contribution in [0.25, 0.3) is 0 Å². The Labute approximate surface area is 207 Å². The second kappa shape index (κ2) is 11.6. The fraction of sp³-hybridized carbons (Fsp3) is 0.308. The summed E-state index contributed by atoms with van der Waals surface area (Å²) >= 11 is 6.07. The number of carbonyl (C=O) groups excluding carboxylic acids is 3. The number of esters is 2. The lowest BCUT2D eigenvalue weighted by Gasteiger charge is -2.28. The predicted octanol–water partition coefficient (Wildman–Crippen LogP) is 4.55.